The predicted molar refractivity (Wildman–Crippen MR) is 101 cm³/mol. The zero-order chi connectivity index (χ0) is 19.4. The molecule has 0 aliphatic carbocycles. The molecular weight excluding hydrogens is 346 g/mol. The maximum Gasteiger partial charge on any atom is 0.312 e. The van der Waals surface area contributed by atoms with Crippen LogP contribution in [0.2, 0.25) is 0 Å². The summed E-state index contributed by atoms with van der Waals surface area (Å²) in [4.78, 5) is 25.4. The number of fused-ring (bicyclic) bond motifs is 1. The fraction of sp³-hybridized carbons (Fsp3) is 0.300. The van der Waals surface area contributed by atoms with Crippen LogP contribution < -0.4 is 20.5 Å². The van der Waals surface area contributed by atoms with Gasteiger partial charge in [-0.1, -0.05) is 12.1 Å². The van der Waals surface area contributed by atoms with E-state index in [1.165, 1.54) is 5.56 Å². The third-order valence-corrected chi connectivity index (χ3v) is 4.67. The van der Waals surface area contributed by atoms with Crippen molar-refractivity contribution in [3.63, 3.8) is 0 Å². The molecule has 1 aliphatic rings. The average molecular weight is 369 g/mol. The molecular formula is C20H23N3O4. The molecule has 3 N–H and O–H groups in total. The number of nitrogens with zero attached hydrogens (tertiary/aromatic N) is 1. The number of nitrogens with two attached hydrogens (primary N) is 1. The molecule has 2 aromatic carbocycles. The summed E-state index contributed by atoms with van der Waals surface area (Å²) in [6.45, 7) is 1.51. The molecule has 3 rings (SSSR count). The summed E-state index contributed by atoms with van der Waals surface area (Å²) in [5, 5.41) is 2.53. The summed E-state index contributed by atoms with van der Waals surface area (Å²) in [5.74, 6) is 1.35. The Balaban J connectivity index is 1.72. The molecule has 0 bridgehead atoms. The standard InChI is InChI=1S/C20H23N3O4/c1-26-17-9-15-7-8-23(12-16(15)10-18(17)27-2)19(24)14-5-3-13(4-6-14)11-22-20(21)25/h3-6,9-10H,7-8,11-12H2,1-2H3,(H3,21,22,25). The molecule has 1 aliphatic heterocycles. The molecule has 7 nitrogen and oxygen atoms in total. The van der Waals surface area contributed by atoms with E-state index >= 15 is 0 Å². The van der Waals surface area contributed by atoms with E-state index in [-0.39, 0.29) is 5.91 Å². The van der Waals surface area contributed by atoms with Crippen LogP contribution in [0.5, 0.6) is 11.5 Å². The smallest absolute Gasteiger partial charge is 0.312 e. The topological polar surface area (TPSA) is 93.9 Å². The zero-order valence-corrected chi connectivity index (χ0v) is 15.5. The van der Waals surface area contributed by atoms with Crippen molar-refractivity contribution in [2.24, 2.45) is 5.73 Å². The number of carbonyl (C=O) groups excluding carboxylic acids is 2. The number of primary amides is 1. The van der Waals surface area contributed by atoms with Crippen LogP contribution in [0, 0.1) is 0 Å². The van der Waals surface area contributed by atoms with Gasteiger partial charge >= 0.3 is 6.03 Å². The van der Waals surface area contributed by atoms with Gasteiger partial charge < -0.3 is 25.4 Å². The van der Waals surface area contributed by atoms with E-state index in [4.69, 9.17) is 15.2 Å². The third-order valence-electron chi connectivity index (χ3n) is 4.67. The van der Waals surface area contributed by atoms with Crippen molar-refractivity contribution in [2.75, 3.05) is 20.8 Å². The summed E-state index contributed by atoms with van der Waals surface area (Å²) in [6, 6.07) is 10.5. The number of carbonyl (C=O) groups is 2. The zero-order valence-electron chi connectivity index (χ0n) is 15.5. The van der Waals surface area contributed by atoms with Gasteiger partial charge in [-0.25, -0.2) is 4.79 Å². The molecule has 1 heterocycles. The minimum Gasteiger partial charge on any atom is -0.493 e. The number of hydrogen-bond donors (Lipinski definition) is 2. The number of hydrogen-bond acceptors (Lipinski definition) is 4. The third kappa shape index (κ3) is 4.13. The minimum absolute atomic E-state index is 0.0233. The van der Waals surface area contributed by atoms with Gasteiger partial charge in [0.25, 0.3) is 5.91 Å². The maximum absolute atomic E-state index is 12.8. The molecule has 0 saturated carbocycles. The van der Waals surface area contributed by atoms with Crippen molar-refractivity contribution >= 4 is 11.9 Å². The summed E-state index contributed by atoms with van der Waals surface area (Å²) in [7, 11) is 3.22. The van der Waals surface area contributed by atoms with Gasteiger partial charge in [0.15, 0.2) is 11.5 Å². The van der Waals surface area contributed by atoms with Crippen molar-refractivity contribution < 1.29 is 19.1 Å². The monoisotopic (exact) mass is 369 g/mol. The predicted octanol–water partition coefficient (Wildman–Crippen LogP) is 2.07. The highest BCUT2D eigenvalue weighted by Gasteiger charge is 2.23. The Morgan fingerprint density at radius 1 is 1.07 bits per heavy atom. The van der Waals surface area contributed by atoms with Gasteiger partial charge in [0.05, 0.1) is 14.2 Å². The Morgan fingerprint density at radius 2 is 1.70 bits per heavy atom. The number of benzene rings is 2. The van der Waals surface area contributed by atoms with Crippen LogP contribution in [0.3, 0.4) is 0 Å². The molecule has 142 valence electrons. The lowest BCUT2D eigenvalue weighted by Gasteiger charge is -2.29. The number of ether oxygens (including phenoxy) is 2. The number of methoxy groups -OCH3 is 2. The largest absolute Gasteiger partial charge is 0.493 e. The van der Waals surface area contributed by atoms with Gasteiger partial charge in [0.1, 0.15) is 0 Å². The molecule has 0 radical (unpaired) electrons. The van der Waals surface area contributed by atoms with Gasteiger partial charge in [-0.3, -0.25) is 4.79 Å². The maximum atomic E-state index is 12.8. The average Bonchev–Trinajstić information content (AvgIpc) is 2.70. The fourth-order valence-corrected chi connectivity index (χ4v) is 3.19. The minimum atomic E-state index is -0.575. The van der Waals surface area contributed by atoms with E-state index < -0.39 is 6.03 Å². The van der Waals surface area contributed by atoms with Crippen molar-refractivity contribution in [3.8, 4) is 11.5 Å². The van der Waals surface area contributed by atoms with Crippen LogP contribution in [0.15, 0.2) is 36.4 Å². The van der Waals surface area contributed by atoms with Crippen LogP contribution >= 0.6 is 0 Å². The molecule has 0 unspecified atom stereocenters. The Morgan fingerprint density at radius 3 is 2.30 bits per heavy atom. The molecule has 0 fully saturated rings. The van der Waals surface area contributed by atoms with Crippen molar-refractivity contribution in [1.82, 2.24) is 10.2 Å². The van der Waals surface area contributed by atoms with Crippen LogP contribution in [-0.4, -0.2) is 37.6 Å². The molecule has 7 heteroatoms. The van der Waals surface area contributed by atoms with Crippen LogP contribution in [0.1, 0.15) is 27.0 Å². The first-order chi connectivity index (χ1) is 13.0. The molecule has 27 heavy (non-hydrogen) atoms. The Hall–Kier alpha value is -3.22. The normalized spacial score (nSPS) is 12.9. The summed E-state index contributed by atoms with van der Waals surface area (Å²) in [5.41, 5.74) is 8.79. The van der Waals surface area contributed by atoms with Crippen molar-refractivity contribution in [1.29, 1.82) is 0 Å². The summed E-state index contributed by atoms with van der Waals surface area (Å²) >= 11 is 0. The summed E-state index contributed by atoms with van der Waals surface area (Å²) < 4.78 is 10.7. The summed E-state index contributed by atoms with van der Waals surface area (Å²) in [6.07, 6.45) is 0.766. The Labute approximate surface area is 158 Å². The van der Waals surface area contributed by atoms with E-state index in [1.807, 2.05) is 29.2 Å². The van der Waals surface area contributed by atoms with Crippen LogP contribution in [0.4, 0.5) is 4.79 Å². The van der Waals surface area contributed by atoms with E-state index in [2.05, 4.69) is 5.32 Å². The lowest BCUT2D eigenvalue weighted by Crippen LogP contribution is -2.36. The first-order valence-electron chi connectivity index (χ1n) is 8.67. The molecule has 0 spiro atoms. The molecule has 0 atom stereocenters. The van der Waals surface area contributed by atoms with E-state index in [9.17, 15) is 9.59 Å². The second-order valence-corrected chi connectivity index (χ2v) is 6.37. The number of amides is 3. The van der Waals surface area contributed by atoms with Gasteiger partial charge in [-0.15, -0.1) is 0 Å². The van der Waals surface area contributed by atoms with E-state index in [0.717, 1.165) is 17.5 Å². The first kappa shape index (κ1) is 18.6. The highest BCUT2D eigenvalue weighted by Crippen LogP contribution is 2.33. The van der Waals surface area contributed by atoms with Gasteiger partial charge in [-0.2, -0.15) is 0 Å². The van der Waals surface area contributed by atoms with E-state index in [1.54, 1.807) is 26.4 Å². The quantitative estimate of drug-likeness (QED) is 0.844. The van der Waals surface area contributed by atoms with Crippen LogP contribution in [-0.2, 0) is 19.5 Å². The Kier molecular flexibility index (Phi) is 5.49. The lowest BCUT2D eigenvalue weighted by molar-refractivity contribution is 0.0734. The van der Waals surface area contributed by atoms with Gasteiger partial charge in [-0.05, 0) is 47.4 Å². The van der Waals surface area contributed by atoms with E-state index in [0.29, 0.717) is 36.7 Å². The molecule has 2 aromatic rings. The molecule has 0 saturated heterocycles. The van der Waals surface area contributed by atoms with Gasteiger partial charge in [0.2, 0.25) is 0 Å². The fourth-order valence-electron chi connectivity index (χ4n) is 3.19. The lowest BCUT2D eigenvalue weighted by atomic mass is 9.98. The number of rotatable bonds is 5. The highest BCUT2D eigenvalue weighted by molar-refractivity contribution is 5.94. The second kappa shape index (κ2) is 7.99. The highest BCUT2D eigenvalue weighted by atomic mass is 16.5. The SMILES string of the molecule is COc1cc2c(cc1OC)CN(C(=O)c1ccc(CNC(N)=O)cc1)CC2. The van der Waals surface area contributed by atoms with Crippen molar-refractivity contribution in [3.05, 3.63) is 58.7 Å². The first-order valence-corrected chi connectivity index (χ1v) is 8.67. The molecule has 0 aromatic heterocycles. The number of nitrogens with one attached hydrogen (secondary N) is 1. The second-order valence-electron chi connectivity index (χ2n) is 6.37. The number of urea groups is 1. The van der Waals surface area contributed by atoms with Crippen molar-refractivity contribution in [2.45, 2.75) is 19.5 Å². The molecule has 3 amide bonds. The van der Waals surface area contributed by atoms with Gasteiger partial charge in [0, 0.05) is 25.2 Å². The van der Waals surface area contributed by atoms with Crippen LogP contribution in [0.25, 0.3) is 0 Å². The Bertz CT molecular complexity index is 849.